The van der Waals surface area contributed by atoms with E-state index in [1.165, 1.54) is 16.9 Å². The van der Waals surface area contributed by atoms with Gasteiger partial charge in [0.15, 0.2) is 11.5 Å². The average Bonchev–Trinajstić information content (AvgIpc) is 3.03. The molecule has 96 valence electrons. The van der Waals surface area contributed by atoms with Gasteiger partial charge in [-0.1, -0.05) is 0 Å². The number of nitrogens with zero attached hydrogens (tertiary/aromatic N) is 4. The topological polar surface area (TPSA) is 69.1 Å². The van der Waals surface area contributed by atoms with Crippen LogP contribution in [0, 0.1) is 6.92 Å². The molecule has 0 saturated heterocycles. The van der Waals surface area contributed by atoms with Crippen LogP contribution in [0.3, 0.4) is 0 Å². The predicted molar refractivity (Wildman–Crippen MR) is 75.3 cm³/mol. The first-order valence-electron chi connectivity index (χ1n) is 6.33. The van der Waals surface area contributed by atoms with Crippen molar-refractivity contribution in [1.29, 1.82) is 0 Å². The van der Waals surface area contributed by atoms with Crippen LogP contribution >= 0.6 is 11.3 Å². The summed E-state index contributed by atoms with van der Waals surface area (Å²) in [5.41, 5.74) is 10.3. The van der Waals surface area contributed by atoms with Crippen molar-refractivity contribution in [3.05, 3.63) is 28.3 Å². The van der Waals surface area contributed by atoms with Crippen LogP contribution < -0.4 is 5.73 Å². The Morgan fingerprint density at radius 1 is 1.26 bits per heavy atom. The number of hydrogen-bond acceptors (Lipinski definition) is 5. The quantitative estimate of drug-likeness (QED) is 0.737. The number of aromatic nitrogens is 4. The molecule has 19 heavy (non-hydrogen) atoms. The Morgan fingerprint density at radius 2 is 2.16 bits per heavy atom. The molecule has 0 aromatic carbocycles. The molecule has 1 aliphatic carbocycles. The van der Waals surface area contributed by atoms with Crippen LogP contribution in [0.5, 0.6) is 0 Å². The average molecular weight is 271 g/mol. The molecule has 3 aromatic rings. The number of hydrogen-bond donors (Lipinski definition) is 1. The first-order valence-corrected chi connectivity index (χ1v) is 7.15. The van der Waals surface area contributed by atoms with Crippen LogP contribution in [0.15, 0.2) is 12.1 Å². The lowest BCUT2D eigenvalue weighted by Crippen LogP contribution is -1.99. The number of anilines is 1. The molecule has 0 aliphatic heterocycles. The highest BCUT2D eigenvalue weighted by Crippen LogP contribution is 2.42. The molecule has 0 saturated carbocycles. The molecule has 1 aliphatic rings. The zero-order valence-corrected chi connectivity index (χ0v) is 11.4. The van der Waals surface area contributed by atoms with Crippen LogP contribution in [0.4, 0.5) is 5.00 Å². The Morgan fingerprint density at radius 3 is 3.05 bits per heavy atom. The van der Waals surface area contributed by atoms with Crippen molar-refractivity contribution in [2.45, 2.75) is 26.2 Å². The highest BCUT2D eigenvalue weighted by atomic mass is 32.1. The van der Waals surface area contributed by atoms with Crippen molar-refractivity contribution in [2.24, 2.45) is 0 Å². The Balaban J connectivity index is 2.03. The minimum absolute atomic E-state index is 0.762. The zero-order chi connectivity index (χ0) is 13.0. The minimum atomic E-state index is 0.762. The molecular weight excluding hydrogens is 258 g/mol. The fraction of sp³-hybridized carbons (Fsp3) is 0.308. The molecule has 5 nitrogen and oxygen atoms in total. The van der Waals surface area contributed by atoms with Crippen LogP contribution in [0.1, 0.15) is 22.6 Å². The van der Waals surface area contributed by atoms with Crippen molar-refractivity contribution >= 4 is 22.0 Å². The Hall–Kier alpha value is -1.95. The monoisotopic (exact) mass is 271 g/mol. The molecule has 0 spiro atoms. The maximum atomic E-state index is 6.18. The van der Waals surface area contributed by atoms with E-state index in [0.29, 0.717) is 0 Å². The van der Waals surface area contributed by atoms with Gasteiger partial charge >= 0.3 is 0 Å². The van der Waals surface area contributed by atoms with Gasteiger partial charge in [-0.15, -0.1) is 21.5 Å². The summed E-state index contributed by atoms with van der Waals surface area (Å²) in [5, 5.41) is 13.8. The number of aryl methyl sites for hydroxylation is 2. The molecule has 3 aromatic heterocycles. The van der Waals surface area contributed by atoms with E-state index in [0.717, 1.165) is 40.6 Å². The van der Waals surface area contributed by atoms with Crippen molar-refractivity contribution in [3.8, 4) is 11.4 Å². The van der Waals surface area contributed by atoms with Gasteiger partial charge in [-0.3, -0.25) is 0 Å². The minimum Gasteiger partial charge on any atom is -0.390 e. The summed E-state index contributed by atoms with van der Waals surface area (Å²) < 4.78 is 1.80. The highest BCUT2D eigenvalue weighted by Gasteiger charge is 2.25. The van der Waals surface area contributed by atoms with E-state index in [9.17, 15) is 0 Å². The second-order valence-corrected chi connectivity index (χ2v) is 6.00. The van der Waals surface area contributed by atoms with Crippen LogP contribution in [0.25, 0.3) is 17.0 Å². The molecule has 0 bridgehead atoms. The van der Waals surface area contributed by atoms with E-state index in [-0.39, 0.29) is 0 Å². The van der Waals surface area contributed by atoms with Gasteiger partial charge in [0.25, 0.3) is 0 Å². The van der Waals surface area contributed by atoms with Gasteiger partial charge in [-0.25, -0.2) is 0 Å². The largest absolute Gasteiger partial charge is 0.390 e. The highest BCUT2D eigenvalue weighted by molar-refractivity contribution is 7.16. The third kappa shape index (κ3) is 1.49. The molecule has 0 radical (unpaired) electrons. The lowest BCUT2D eigenvalue weighted by Gasteiger charge is -2.02. The third-order valence-electron chi connectivity index (χ3n) is 3.57. The molecule has 6 heteroatoms. The third-order valence-corrected chi connectivity index (χ3v) is 4.69. The molecule has 4 rings (SSSR count). The smallest absolute Gasteiger partial charge is 0.188 e. The molecule has 0 fully saturated rings. The first-order chi connectivity index (χ1) is 9.24. The fourth-order valence-corrected chi connectivity index (χ4v) is 3.86. The normalized spacial score (nSPS) is 14.2. The van der Waals surface area contributed by atoms with Crippen LogP contribution in [-0.2, 0) is 12.8 Å². The lowest BCUT2D eigenvalue weighted by molar-refractivity contribution is 0.894. The van der Waals surface area contributed by atoms with Gasteiger partial charge in [-0.05, 0) is 43.9 Å². The Bertz CT molecular complexity index is 786. The summed E-state index contributed by atoms with van der Waals surface area (Å²) >= 11 is 1.68. The zero-order valence-electron chi connectivity index (χ0n) is 10.6. The van der Waals surface area contributed by atoms with Crippen LogP contribution in [-0.4, -0.2) is 19.8 Å². The van der Waals surface area contributed by atoms with Crippen molar-refractivity contribution in [3.63, 3.8) is 0 Å². The number of fused-ring (bicyclic) bond motifs is 2. The lowest BCUT2D eigenvalue weighted by atomic mass is 10.1. The molecule has 0 amide bonds. The molecule has 2 N–H and O–H groups in total. The molecule has 3 heterocycles. The number of nitrogen functional groups attached to an aromatic ring is 1. The van der Waals surface area contributed by atoms with E-state index in [2.05, 4.69) is 15.3 Å². The summed E-state index contributed by atoms with van der Waals surface area (Å²) in [4.78, 5) is 1.40. The summed E-state index contributed by atoms with van der Waals surface area (Å²) in [6, 6.07) is 3.87. The Kier molecular flexibility index (Phi) is 2.17. The van der Waals surface area contributed by atoms with Gasteiger partial charge in [0, 0.05) is 4.88 Å². The number of thiophene rings is 1. The SMILES string of the molecule is Cc1ccc2nnc(-c3c(N)sc4c3CCC4)n2n1. The number of nitrogens with two attached hydrogens (primary N) is 1. The maximum Gasteiger partial charge on any atom is 0.188 e. The summed E-state index contributed by atoms with van der Waals surface area (Å²) in [6.07, 6.45) is 3.42. The second-order valence-electron chi connectivity index (χ2n) is 4.86. The van der Waals surface area contributed by atoms with E-state index in [1.54, 1.807) is 15.9 Å². The van der Waals surface area contributed by atoms with E-state index in [4.69, 9.17) is 5.73 Å². The molecular formula is C13H13N5S. The Labute approximate surface area is 114 Å². The van der Waals surface area contributed by atoms with Crippen molar-refractivity contribution in [1.82, 2.24) is 19.8 Å². The van der Waals surface area contributed by atoms with Gasteiger partial charge < -0.3 is 5.73 Å². The summed E-state index contributed by atoms with van der Waals surface area (Å²) in [6.45, 7) is 1.96. The number of rotatable bonds is 1. The van der Waals surface area contributed by atoms with Crippen LogP contribution in [0.2, 0.25) is 0 Å². The first kappa shape index (κ1) is 10.9. The molecule has 0 atom stereocenters. The van der Waals surface area contributed by atoms with E-state index >= 15 is 0 Å². The van der Waals surface area contributed by atoms with Gasteiger partial charge in [0.05, 0.1) is 16.3 Å². The van der Waals surface area contributed by atoms with E-state index in [1.807, 2.05) is 19.1 Å². The van der Waals surface area contributed by atoms with E-state index < -0.39 is 0 Å². The van der Waals surface area contributed by atoms with Gasteiger partial charge in [-0.2, -0.15) is 9.61 Å². The van der Waals surface area contributed by atoms with Crippen molar-refractivity contribution < 1.29 is 0 Å². The predicted octanol–water partition coefficient (Wildman–Crippen LogP) is 2.23. The maximum absolute atomic E-state index is 6.18. The van der Waals surface area contributed by atoms with Crippen molar-refractivity contribution in [2.75, 3.05) is 5.73 Å². The second kappa shape index (κ2) is 3.77. The summed E-state index contributed by atoms with van der Waals surface area (Å²) in [7, 11) is 0. The summed E-state index contributed by atoms with van der Waals surface area (Å²) in [5.74, 6) is 0.774. The van der Waals surface area contributed by atoms with Gasteiger partial charge in [0.2, 0.25) is 0 Å². The fourth-order valence-electron chi connectivity index (χ4n) is 2.71. The standard InChI is InChI=1S/C13H13N5S/c1-7-5-6-10-15-16-13(18(10)17-7)11-8-3-2-4-9(8)19-12(11)14/h5-6H,2-4,14H2,1H3. The van der Waals surface area contributed by atoms with Gasteiger partial charge in [0.1, 0.15) is 0 Å². The molecule has 0 unspecified atom stereocenters.